The maximum atomic E-state index is 12.3. The molecule has 2 amide bonds. The fourth-order valence-corrected chi connectivity index (χ4v) is 4.34. The largest absolute Gasteiger partial charge is 0.497 e. The van der Waals surface area contributed by atoms with Crippen molar-refractivity contribution in [2.45, 2.75) is 17.7 Å². The number of aromatic nitrogens is 1. The van der Waals surface area contributed by atoms with Gasteiger partial charge in [-0.15, -0.1) is 11.3 Å². The Morgan fingerprint density at radius 3 is 2.63 bits per heavy atom. The average Bonchev–Trinajstić information content (AvgIpc) is 3.17. The van der Waals surface area contributed by atoms with Crippen LogP contribution in [0, 0.1) is 6.92 Å². The quantitative estimate of drug-likeness (QED) is 0.460. The number of thioether (sulfide) groups is 1. The number of benzene rings is 2. The van der Waals surface area contributed by atoms with E-state index in [9.17, 15) is 9.59 Å². The Bertz CT molecular complexity index is 1040. The maximum absolute atomic E-state index is 12.3. The van der Waals surface area contributed by atoms with Crippen molar-refractivity contribution in [1.82, 2.24) is 4.98 Å². The van der Waals surface area contributed by atoms with Gasteiger partial charge in [-0.1, -0.05) is 29.4 Å². The number of ether oxygens (including phenoxy) is 1. The van der Waals surface area contributed by atoms with E-state index in [2.05, 4.69) is 15.6 Å². The number of aryl methyl sites for hydroxylation is 1. The molecule has 0 fully saturated rings. The number of nitrogens with one attached hydrogen (secondary N) is 2. The Balaban J connectivity index is 1.47. The number of amides is 2. The van der Waals surface area contributed by atoms with E-state index in [4.69, 9.17) is 16.3 Å². The number of rotatable bonds is 8. The molecule has 0 aliphatic rings. The lowest BCUT2D eigenvalue weighted by molar-refractivity contribution is -0.116. The van der Waals surface area contributed by atoms with Gasteiger partial charge in [0.1, 0.15) is 5.75 Å². The van der Waals surface area contributed by atoms with Crippen LogP contribution in [0.1, 0.15) is 11.3 Å². The van der Waals surface area contributed by atoms with Crippen LogP contribution in [0.4, 0.5) is 11.4 Å². The summed E-state index contributed by atoms with van der Waals surface area (Å²) in [4.78, 5) is 28.9. The lowest BCUT2D eigenvalue weighted by atomic mass is 10.2. The molecule has 3 rings (SSSR count). The van der Waals surface area contributed by atoms with Crippen molar-refractivity contribution in [3.63, 3.8) is 0 Å². The first-order chi connectivity index (χ1) is 14.4. The molecule has 0 saturated heterocycles. The van der Waals surface area contributed by atoms with Crippen LogP contribution in [0.15, 0.2) is 52.2 Å². The maximum Gasteiger partial charge on any atom is 0.234 e. The number of hydrogen-bond donors (Lipinski definition) is 2. The summed E-state index contributed by atoms with van der Waals surface area (Å²) in [5.41, 5.74) is 2.99. The van der Waals surface area contributed by atoms with Gasteiger partial charge in [-0.3, -0.25) is 9.59 Å². The fraction of sp³-hybridized carbons (Fsp3) is 0.190. The zero-order valence-electron chi connectivity index (χ0n) is 16.4. The van der Waals surface area contributed by atoms with Crippen molar-refractivity contribution >= 4 is 57.9 Å². The van der Waals surface area contributed by atoms with Crippen LogP contribution in [-0.4, -0.2) is 29.7 Å². The van der Waals surface area contributed by atoms with Crippen LogP contribution in [0.3, 0.4) is 0 Å². The molecular formula is C21H20ClN3O3S2. The van der Waals surface area contributed by atoms with E-state index in [-0.39, 0.29) is 24.0 Å². The summed E-state index contributed by atoms with van der Waals surface area (Å²) < 4.78 is 5.83. The Morgan fingerprint density at radius 1 is 1.13 bits per heavy atom. The Hall–Kier alpha value is -2.55. The molecule has 0 aliphatic carbocycles. The summed E-state index contributed by atoms with van der Waals surface area (Å²) in [6.45, 7) is 1.90. The summed E-state index contributed by atoms with van der Waals surface area (Å²) in [6.07, 6.45) is 0.154. The monoisotopic (exact) mass is 461 g/mol. The first-order valence-corrected chi connectivity index (χ1v) is 11.2. The van der Waals surface area contributed by atoms with Crippen molar-refractivity contribution in [3.05, 3.63) is 64.1 Å². The third-order valence-corrected chi connectivity index (χ3v) is 6.35. The first kappa shape index (κ1) is 22.1. The van der Waals surface area contributed by atoms with Crippen LogP contribution < -0.4 is 15.4 Å². The predicted octanol–water partition coefficient (Wildman–Crippen LogP) is 5.03. The van der Waals surface area contributed by atoms with E-state index in [0.717, 1.165) is 15.7 Å². The minimum atomic E-state index is -0.167. The molecule has 9 heteroatoms. The number of nitrogens with zero attached hydrogens (tertiary/aromatic N) is 1. The zero-order chi connectivity index (χ0) is 21.5. The number of carbonyl (C=O) groups is 2. The molecule has 0 spiro atoms. The van der Waals surface area contributed by atoms with Crippen molar-refractivity contribution in [3.8, 4) is 5.75 Å². The van der Waals surface area contributed by atoms with Crippen molar-refractivity contribution in [2.75, 3.05) is 23.5 Å². The van der Waals surface area contributed by atoms with Gasteiger partial charge in [-0.2, -0.15) is 0 Å². The predicted molar refractivity (Wildman–Crippen MR) is 123 cm³/mol. The topological polar surface area (TPSA) is 80.3 Å². The normalized spacial score (nSPS) is 10.5. The van der Waals surface area contributed by atoms with Crippen LogP contribution in [0.2, 0.25) is 5.02 Å². The Kier molecular flexibility index (Phi) is 7.73. The average molecular weight is 462 g/mol. The first-order valence-electron chi connectivity index (χ1n) is 9.00. The molecule has 3 aromatic rings. The second kappa shape index (κ2) is 10.5. The highest BCUT2D eigenvalue weighted by Crippen LogP contribution is 2.24. The molecule has 2 aromatic carbocycles. The van der Waals surface area contributed by atoms with E-state index < -0.39 is 0 Å². The molecule has 1 heterocycles. The summed E-state index contributed by atoms with van der Waals surface area (Å²) in [7, 11) is 1.59. The van der Waals surface area contributed by atoms with Gasteiger partial charge in [0.2, 0.25) is 11.8 Å². The van der Waals surface area contributed by atoms with E-state index in [1.165, 1.54) is 23.1 Å². The van der Waals surface area contributed by atoms with Crippen LogP contribution in [0.25, 0.3) is 0 Å². The summed E-state index contributed by atoms with van der Waals surface area (Å²) in [6, 6.07) is 12.5. The van der Waals surface area contributed by atoms with Crippen molar-refractivity contribution < 1.29 is 14.3 Å². The van der Waals surface area contributed by atoms with Crippen molar-refractivity contribution in [2.24, 2.45) is 0 Å². The molecule has 6 nitrogen and oxygen atoms in total. The van der Waals surface area contributed by atoms with Gasteiger partial charge in [0.25, 0.3) is 0 Å². The molecule has 156 valence electrons. The minimum absolute atomic E-state index is 0.129. The number of methoxy groups -OCH3 is 1. The second-order valence-corrected chi connectivity index (χ2v) is 8.87. The smallest absolute Gasteiger partial charge is 0.234 e. The van der Waals surface area contributed by atoms with Gasteiger partial charge in [-0.25, -0.2) is 4.98 Å². The van der Waals surface area contributed by atoms with Crippen LogP contribution in [0.5, 0.6) is 5.75 Å². The van der Waals surface area contributed by atoms with Gasteiger partial charge < -0.3 is 15.4 Å². The lowest BCUT2D eigenvalue weighted by Gasteiger charge is -2.08. The molecule has 0 atom stereocenters. The Morgan fingerprint density at radius 2 is 1.90 bits per heavy atom. The number of carbonyl (C=O) groups excluding carboxylic acids is 2. The van der Waals surface area contributed by atoms with E-state index in [1.54, 1.807) is 43.5 Å². The van der Waals surface area contributed by atoms with Gasteiger partial charge in [-0.05, 0) is 48.9 Å². The number of hydrogen-bond acceptors (Lipinski definition) is 6. The van der Waals surface area contributed by atoms with Crippen molar-refractivity contribution in [1.29, 1.82) is 0 Å². The highest BCUT2D eigenvalue weighted by atomic mass is 35.5. The molecule has 0 radical (unpaired) electrons. The third kappa shape index (κ3) is 6.48. The van der Waals surface area contributed by atoms with Gasteiger partial charge in [0.15, 0.2) is 4.34 Å². The molecule has 2 N–H and O–H groups in total. The summed E-state index contributed by atoms with van der Waals surface area (Å²) in [5.74, 6) is 0.662. The molecule has 1 aromatic heterocycles. The summed E-state index contributed by atoms with van der Waals surface area (Å²) >= 11 is 8.73. The third-order valence-electron chi connectivity index (χ3n) is 4.05. The molecule has 0 unspecified atom stereocenters. The fourth-order valence-electron chi connectivity index (χ4n) is 2.52. The van der Waals surface area contributed by atoms with E-state index >= 15 is 0 Å². The van der Waals surface area contributed by atoms with E-state index in [0.29, 0.717) is 22.1 Å². The minimum Gasteiger partial charge on any atom is -0.497 e. The molecule has 30 heavy (non-hydrogen) atoms. The lowest BCUT2D eigenvalue weighted by Crippen LogP contribution is -2.15. The van der Waals surface area contributed by atoms with E-state index in [1.807, 2.05) is 18.4 Å². The highest BCUT2D eigenvalue weighted by Gasteiger charge is 2.11. The number of thiazole rings is 1. The van der Waals surface area contributed by atoms with Crippen LogP contribution in [-0.2, 0) is 16.0 Å². The van der Waals surface area contributed by atoms with Gasteiger partial charge in [0, 0.05) is 21.8 Å². The summed E-state index contributed by atoms with van der Waals surface area (Å²) in [5, 5.41) is 8.08. The highest BCUT2D eigenvalue weighted by molar-refractivity contribution is 8.01. The molecular weight excluding hydrogens is 442 g/mol. The van der Waals surface area contributed by atoms with Gasteiger partial charge in [0.05, 0.1) is 25.0 Å². The molecule has 0 saturated carbocycles. The zero-order valence-corrected chi connectivity index (χ0v) is 18.8. The second-order valence-electron chi connectivity index (χ2n) is 6.35. The SMILES string of the molecule is COc1ccc(NC(=O)CSc2nc(CC(=O)Nc3cc(Cl)ccc3C)cs2)cc1. The molecule has 0 bridgehead atoms. The number of anilines is 2. The standard InChI is InChI=1S/C21H20ClN3O3S2/c1-13-3-4-14(22)9-18(13)25-19(26)10-16-11-29-21(24-16)30-12-20(27)23-15-5-7-17(28-2)8-6-15/h3-9,11H,10,12H2,1-2H3,(H,23,27)(H,25,26). The number of halogens is 1. The molecule has 0 aliphatic heterocycles. The van der Waals surface area contributed by atoms with Gasteiger partial charge >= 0.3 is 0 Å². The Labute approximate surface area is 188 Å². The van der Waals surface area contributed by atoms with Crippen LogP contribution >= 0.6 is 34.7 Å².